The average Bonchev–Trinajstić information content (AvgIpc) is 2.67. The number of aromatic nitrogens is 2. The molecule has 0 saturated heterocycles. The number of rotatable bonds is 3. The van der Waals surface area contributed by atoms with E-state index in [1.165, 1.54) is 0 Å². The first-order valence-corrected chi connectivity index (χ1v) is 6.83. The van der Waals surface area contributed by atoms with Crippen LogP contribution in [0.1, 0.15) is 26.3 Å². The van der Waals surface area contributed by atoms with Gasteiger partial charge in [-0.2, -0.15) is 8.42 Å². The topological polar surface area (TPSA) is 72.2 Å². The van der Waals surface area contributed by atoms with E-state index < -0.39 is 10.1 Å². The Morgan fingerprint density at radius 1 is 1.41 bits per heavy atom. The van der Waals surface area contributed by atoms with E-state index in [9.17, 15) is 13.0 Å². The Hall–Kier alpha value is -1.40. The van der Waals surface area contributed by atoms with Crippen LogP contribution in [0.2, 0.25) is 0 Å². The van der Waals surface area contributed by atoms with Crippen molar-refractivity contribution in [1.82, 2.24) is 9.55 Å². The highest BCUT2D eigenvalue weighted by Crippen LogP contribution is 2.25. The van der Waals surface area contributed by atoms with Crippen molar-refractivity contribution in [3.63, 3.8) is 0 Å². The summed E-state index contributed by atoms with van der Waals surface area (Å²) in [6.45, 7) is 3.84. The molecule has 92 valence electrons. The normalized spacial score (nSPS) is 14.1. The average molecular weight is 254 g/mol. The lowest BCUT2D eigenvalue weighted by Gasteiger charge is -2.13. The Morgan fingerprint density at radius 3 is 2.65 bits per heavy atom. The van der Waals surface area contributed by atoms with Gasteiger partial charge in [0.2, 0.25) is 0 Å². The highest BCUT2D eigenvalue weighted by atomic mass is 32.2. The fourth-order valence-electron chi connectivity index (χ4n) is 1.81. The van der Waals surface area contributed by atoms with Crippen molar-refractivity contribution in [3.8, 4) is 0 Å². The van der Waals surface area contributed by atoms with Crippen molar-refractivity contribution in [3.05, 3.63) is 24.3 Å². The van der Waals surface area contributed by atoms with Crippen molar-refractivity contribution in [2.24, 2.45) is 0 Å². The van der Waals surface area contributed by atoms with E-state index >= 15 is 0 Å². The Labute approximate surface area is 99.8 Å². The van der Waals surface area contributed by atoms with Crippen LogP contribution in [-0.4, -0.2) is 22.5 Å². The fraction of sp³-hybridized carbons (Fsp3) is 0.364. The number of nitrogens with zero attached hydrogens (tertiary/aromatic N) is 2. The van der Waals surface area contributed by atoms with Crippen LogP contribution in [0.5, 0.6) is 0 Å². The summed E-state index contributed by atoms with van der Waals surface area (Å²) in [6.07, 6.45) is 0.753. The zero-order chi connectivity index (χ0) is 12.6. The van der Waals surface area contributed by atoms with Gasteiger partial charge in [0.25, 0.3) is 5.16 Å². The summed E-state index contributed by atoms with van der Waals surface area (Å²) in [5.41, 5.74) is 1.29. The summed E-state index contributed by atoms with van der Waals surface area (Å²) in [7, 11) is -4.30. The third-order valence-electron chi connectivity index (χ3n) is 2.83. The maximum absolute atomic E-state index is 11.3. The molecule has 6 heteroatoms. The Morgan fingerprint density at radius 2 is 2.06 bits per heavy atom. The van der Waals surface area contributed by atoms with Crippen molar-refractivity contribution in [1.29, 1.82) is 0 Å². The smallest absolute Gasteiger partial charge is 0.310 e. The minimum absolute atomic E-state index is 0.0423. The van der Waals surface area contributed by atoms with E-state index in [0.717, 1.165) is 11.9 Å². The van der Waals surface area contributed by atoms with Gasteiger partial charge < -0.3 is 4.57 Å². The molecule has 0 radical (unpaired) electrons. The van der Waals surface area contributed by atoms with Gasteiger partial charge in [0.15, 0.2) is 0 Å². The van der Waals surface area contributed by atoms with Crippen LogP contribution in [-0.2, 0) is 10.1 Å². The van der Waals surface area contributed by atoms with Gasteiger partial charge in [0.05, 0.1) is 11.0 Å². The first-order valence-electron chi connectivity index (χ1n) is 5.39. The van der Waals surface area contributed by atoms with Gasteiger partial charge in [-0.1, -0.05) is 19.1 Å². The molecule has 0 spiro atoms. The molecule has 0 amide bonds. The highest BCUT2D eigenvalue weighted by Gasteiger charge is 2.23. The van der Waals surface area contributed by atoms with E-state index in [4.69, 9.17) is 0 Å². The second-order valence-corrected chi connectivity index (χ2v) is 5.30. The van der Waals surface area contributed by atoms with E-state index in [1.54, 1.807) is 22.8 Å². The molecule has 2 aromatic rings. The zero-order valence-electron chi connectivity index (χ0n) is 9.66. The van der Waals surface area contributed by atoms with Crippen molar-refractivity contribution in [2.45, 2.75) is 31.5 Å². The molecule has 1 atom stereocenters. The molecule has 1 heterocycles. The highest BCUT2D eigenvalue weighted by molar-refractivity contribution is 7.85. The summed E-state index contributed by atoms with van der Waals surface area (Å²) in [4.78, 5) is 3.98. The molecule has 0 bridgehead atoms. The maximum Gasteiger partial charge on any atom is 0.328 e. The second-order valence-electron chi connectivity index (χ2n) is 3.99. The largest absolute Gasteiger partial charge is 0.328 e. The SMILES string of the molecule is CC[C@H](C)n1c(S(=O)(=O)O)nc2ccccc21. The van der Waals surface area contributed by atoms with Crippen LogP contribution < -0.4 is 0 Å². The number of para-hydroxylation sites is 2. The van der Waals surface area contributed by atoms with Gasteiger partial charge in [-0.05, 0) is 25.5 Å². The Kier molecular flexibility index (Phi) is 2.92. The van der Waals surface area contributed by atoms with Crippen LogP contribution >= 0.6 is 0 Å². The lowest BCUT2D eigenvalue weighted by molar-refractivity contribution is 0.442. The van der Waals surface area contributed by atoms with Crippen molar-refractivity contribution >= 4 is 21.2 Å². The molecule has 2 rings (SSSR count). The van der Waals surface area contributed by atoms with Gasteiger partial charge >= 0.3 is 10.1 Å². The van der Waals surface area contributed by atoms with E-state index in [-0.39, 0.29) is 11.2 Å². The third-order valence-corrected chi connectivity index (χ3v) is 3.58. The standard InChI is InChI=1S/C11H14N2O3S/c1-3-8(2)13-10-7-5-4-6-9(10)12-11(13)17(14,15)16/h4-8H,3H2,1-2H3,(H,14,15,16)/t8-/m0/s1. The second kappa shape index (κ2) is 4.12. The molecule has 1 N–H and O–H groups in total. The molecule has 0 fully saturated rings. The fourth-order valence-corrected chi connectivity index (χ4v) is 2.55. The number of hydrogen-bond donors (Lipinski definition) is 1. The van der Waals surface area contributed by atoms with E-state index in [2.05, 4.69) is 4.98 Å². The zero-order valence-corrected chi connectivity index (χ0v) is 10.5. The molecule has 1 aromatic heterocycles. The van der Waals surface area contributed by atoms with Crippen molar-refractivity contribution in [2.75, 3.05) is 0 Å². The first-order chi connectivity index (χ1) is 7.95. The van der Waals surface area contributed by atoms with Crippen molar-refractivity contribution < 1.29 is 13.0 Å². The summed E-state index contributed by atoms with van der Waals surface area (Å²) < 4.78 is 33.4. The molecule has 0 aliphatic carbocycles. The predicted molar refractivity (Wildman–Crippen MR) is 64.5 cm³/mol. The van der Waals surface area contributed by atoms with Gasteiger partial charge in [-0.25, -0.2) is 4.98 Å². The number of hydrogen-bond acceptors (Lipinski definition) is 3. The first kappa shape index (κ1) is 12.1. The van der Waals surface area contributed by atoms with Gasteiger partial charge in [-0.3, -0.25) is 4.55 Å². The number of imidazole rings is 1. The van der Waals surface area contributed by atoms with Gasteiger partial charge in [0.1, 0.15) is 0 Å². The molecule has 17 heavy (non-hydrogen) atoms. The minimum atomic E-state index is -4.30. The molecule has 5 nitrogen and oxygen atoms in total. The number of fused-ring (bicyclic) bond motifs is 1. The lowest BCUT2D eigenvalue weighted by Crippen LogP contribution is -2.13. The summed E-state index contributed by atoms with van der Waals surface area (Å²) >= 11 is 0. The monoisotopic (exact) mass is 254 g/mol. The Bertz CT molecular complexity index is 646. The molecule has 0 aliphatic rings. The Balaban J connectivity index is 2.83. The van der Waals surface area contributed by atoms with Crippen LogP contribution in [0.3, 0.4) is 0 Å². The summed E-state index contributed by atoms with van der Waals surface area (Å²) in [6, 6.07) is 7.08. The van der Waals surface area contributed by atoms with E-state index in [0.29, 0.717) is 5.52 Å². The molecule has 1 aromatic carbocycles. The number of benzene rings is 1. The minimum Gasteiger partial charge on any atom is -0.310 e. The molecule has 0 unspecified atom stereocenters. The van der Waals surface area contributed by atoms with Crippen LogP contribution in [0, 0.1) is 0 Å². The van der Waals surface area contributed by atoms with E-state index in [1.807, 2.05) is 19.9 Å². The lowest BCUT2D eigenvalue weighted by atomic mass is 10.2. The molecular weight excluding hydrogens is 240 g/mol. The van der Waals surface area contributed by atoms with Crippen LogP contribution in [0.4, 0.5) is 0 Å². The maximum atomic E-state index is 11.3. The van der Waals surface area contributed by atoms with Crippen LogP contribution in [0.25, 0.3) is 11.0 Å². The summed E-state index contributed by atoms with van der Waals surface area (Å²) in [5.74, 6) is 0. The van der Waals surface area contributed by atoms with Gasteiger partial charge in [-0.15, -0.1) is 0 Å². The molecule has 0 saturated carbocycles. The van der Waals surface area contributed by atoms with Crippen LogP contribution in [0.15, 0.2) is 29.4 Å². The molecular formula is C11H14N2O3S. The molecule has 0 aliphatic heterocycles. The predicted octanol–water partition coefficient (Wildman–Crippen LogP) is 2.25. The van der Waals surface area contributed by atoms with Gasteiger partial charge in [0, 0.05) is 6.04 Å². The summed E-state index contributed by atoms with van der Waals surface area (Å²) in [5, 5.41) is -0.284. The third kappa shape index (κ3) is 2.05. The quantitative estimate of drug-likeness (QED) is 0.853.